The number of nitrogens with two attached hydrogens (primary N) is 1. The second-order valence-electron chi connectivity index (χ2n) is 7.00. The highest BCUT2D eigenvalue weighted by Crippen LogP contribution is 2.28. The predicted molar refractivity (Wildman–Crippen MR) is 111 cm³/mol. The van der Waals surface area contributed by atoms with Crippen molar-refractivity contribution in [1.82, 2.24) is 10.6 Å². The number of hydrogen-bond donors (Lipinski definition) is 3. The third-order valence-electron chi connectivity index (χ3n) is 5.04. The fourth-order valence-corrected chi connectivity index (χ4v) is 3.68. The van der Waals surface area contributed by atoms with Gasteiger partial charge in [-0.2, -0.15) is 0 Å². The number of quaternary nitrogens is 1. The minimum absolute atomic E-state index is 0.152. The molecule has 0 bridgehead atoms. The number of carbonyl (C=O) groups excluding carboxylic acids is 2. The molecule has 0 aliphatic carbocycles. The molecule has 160 valence electrons. The monoisotopic (exact) mass is 422 g/mol. The molecular weight excluding hydrogens is 398 g/mol. The van der Waals surface area contributed by atoms with E-state index < -0.39 is 18.0 Å². The largest absolute Gasteiger partial charge is 0.467 e. The zero-order chi connectivity index (χ0) is 21.6. The summed E-state index contributed by atoms with van der Waals surface area (Å²) in [6.07, 6.45) is 3.13. The van der Waals surface area contributed by atoms with Gasteiger partial charge in [0.15, 0.2) is 11.8 Å². The molecular formula is C23H24N3O5+. The van der Waals surface area contributed by atoms with Crippen molar-refractivity contribution in [2.45, 2.75) is 19.0 Å². The normalized spacial score (nSPS) is 17.1. The second-order valence-corrected chi connectivity index (χ2v) is 7.00. The molecule has 1 aliphatic rings. The highest BCUT2D eigenvalue weighted by atomic mass is 16.5. The van der Waals surface area contributed by atoms with Gasteiger partial charge >= 0.3 is 12.0 Å². The third kappa shape index (κ3) is 4.54. The number of nitrogens with one attached hydrogen (secondary N) is 2. The zero-order valence-corrected chi connectivity index (χ0v) is 17.0. The molecule has 4 rings (SSSR count). The smallest absolute Gasteiger partial charge is 0.338 e. The van der Waals surface area contributed by atoms with Crippen LogP contribution in [0, 0.1) is 0 Å². The quantitative estimate of drug-likeness (QED) is 0.483. The fraction of sp³-hybridized carbons (Fsp3) is 0.217. The number of benzene rings is 1. The topological polar surface area (TPSA) is 110 Å². The van der Waals surface area contributed by atoms with Crippen molar-refractivity contribution >= 4 is 12.0 Å². The third-order valence-corrected chi connectivity index (χ3v) is 5.04. The SMILES string of the molecule is CCOC(=O)C1=C(C[NH2+][C@@H](c2ccccc2)c2ccco2)NC(=O)N[C@H]1c1ccco1. The number of ether oxygens (including phenoxy) is 1. The molecule has 2 aromatic heterocycles. The van der Waals surface area contributed by atoms with Crippen LogP contribution in [0.15, 0.2) is 87.2 Å². The van der Waals surface area contributed by atoms with Gasteiger partial charge in [-0.05, 0) is 31.2 Å². The Morgan fingerprint density at radius 3 is 2.55 bits per heavy atom. The van der Waals surface area contributed by atoms with Gasteiger partial charge in [-0.15, -0.1) is 0 Å². The van der Waals surface area contributed by atoms with Crippen LogP contribution < -0.4 is 16.0 Å². The maximum absolute atomic E-state index is 12.8. The van der Waals surface area contributed by atoms with E-state index in [9.17, 15) is 9.59 Å². The number of hydrogen-bond acceptors (Lipinski definition) is 5. The van der Waals surface area contributed by atoms with Gasteiger partial charge in [0.05, 0.1) is 30.4 Å². The average molecular weight is 422 g/mol. The Labute approximate surface area is 179 Å². The lowest BCUT2D eigenvalue weighted by Gasteiger charge is -2.27. The van der Waals surface area contributed by atoms with E-state index in [1.807, 2.05) is 47.8 Å². The molecule has 31 heavy (non-hydrogen) atoms. The highest BCUT2D eigenvalue weighted by Gasteiger charge is 2.36. The first-order chi connectivity index (χ1) is 15.2. The molecule has 0 spiro atoms. The van der Waals surface area contributed by atoms with Crippen LogP contribution >= 0.6 is 0 Å². The number of urea groups is 1. The minimum Gasteiger partial charge on any atom is -0.467 e. The first-order valence-corrected chi connectivity index (χ1v) is 10.1. The van der Waals surface area contributed by atoms with Gasteiger partial charge in [-0.25, -0.2) is 9.59 Å². The van der Waals surface area contributed by atoms with Crippen LogP contribution in [0.2, 0.25) is 0 Å². The van der Waals surface area contributed by atoms with Crippen molar-refractivity contribution in [2.75, 3.05) is 13.2 Å². The lowest BCUT2D eigenvalue weighted by atomic mass is 9.99. The standard InChI is InChI=1S/C23H23N3O5/c1-2-29-22(27)19-16(25-23(28)26-21(19)18-11-7-13-31-18)14-24-20(17-10-6-12-30-17)15-8-4-3-5-9-15/h3-13,20-21,24H,2,14H2,1H3,(H2,25,26,28)/p+1/t20-,21-/m0/s1. The number of esters is 1. The van der Waals surface area contributed by atoms with Crippen LogP contribution in [0.1, 0.15) is 36.1 Å². The molecule has 0 unspecified atom stereocenters. The van der Waals surface area contributed by atoms with Crippen molar-refractivity contribution in [3.63, 3.8) is 0 Å². The molecule has 8 heteroatoms. The van der Waals surface area contributed by atoms with Gasteiger partial charge in [0.1, 0.15) is 18.3 Å². The van der Waals surface area contributed by atoms with E-state index in [-0.39, 0.29) is 12.6 Å². The summed E-state index contributed by atoms with van der Waals surface area (Å²) in [5.41, 5.74) is 1.83. The van der Waals surface area contributed by atoms with Crippen molar-refractivity contribution in [3.05, 3.63) is 95.5 Å². The van der Waals surface area contributed by atoms with Crippen LogP contribution in [0.5, 0.6) is 0 Å². The summed E-state index contributed by atoms with van der Waals surface area (Å²) in [5.74, 6) is 0.724. The van der Waals surface area contributed by atoms with E-state index in [2.05, 4.69) is 10.6 Å². The molecule has 0 saturated carbocycles. The van der Waals surface area contributed by atoms with Gasteiger partial charge in [-0.3, -0.25) is 0 Å². The summed E-state index contributed by atoms with van der Waals surface area (Å²) in [7, 11) is 0. The molecule has 8 nitrogen and oxygen atoms in total. The Morgan fingerprint density at radius 2 is 1.87 bits per heavy atom. The molecule has 2 atom stereocenters. The molecule has 1 aromatic carbocycles. The van der Waals surface area contributed by atoms with E-state index >= 15 is 0 Å². The molecule has 0 radical (unpaired) electrons. The Balaban J connectivity index is 1.67. The van der Waals surface area contributed by atoms with Crippen LogP contribution in [-0.4, -0.2) is 25.2 Å². The Morgan fingerprint density at radius 1 is 1.10 bits per heavy atom. The van der Waals surface area contributed by atoms with Gasteiger partial charge in [0.2, 0.25) is 0 Å². The predicted octanol–water partition coefficient (Wildman–Crippen LogP) is 2.40. The first kappa shape index (κ1) is 20.5. The molecule has 2 amide bonds. The van der Waals surface area contributed by atoms with E-state index in [4.69, 9.17) is 13.6 Å². The summed E-state index contributed by atoms with van der Waals surface area (Å²) < 4.78 is 16.4. The van der Waals surface area contributed by atoms with Gasteiger partial charge in [0, 0.05) is 5.56 Å². The zero-order valence-electron chi connectivity index (χ0n) is 17.0. The summed E-state index contributed by atoms with van der Waals surface area (Å²) in [6.45, 7) is 2.28. The first-order valence-electron chi connectivity index (χ1n) is 10.1. The molecule has 0 saturated heterocycles. The van der Waals surface area contributed by atoms with Gasteiger partial charge in [0.25, 0.3) is 0 Å². The second kappa shape index (κ2) is 9.36. The van der Waals surface area contributed by atoms with Gasteiger partial charge < -0.3 is 29.5 Å². The van der Waals surface area contributed by atoms with Crippen molar-refractivity contribution in [2.24, 2.45) is 0 Å². The maximum atomic E-state index is 12.8. The Kier molecular flexibility index (Phi) is 6.18. The number of furan rings is 2. The van der Waals surface area contributed by atoms with Crippen LogP contribution in [-0.2, 0) is 9.53 Å². The summed E-state index contributed by atoms with van der Waals surface area (Å²) in [6, 6.07) is 15.8. The van der Waals surface area contributed by atoms with Gasteiger partial charge in [-0.1, -0.05) is 30.3 Å². The number of rotatable bonds is 8. The fourth-order valence-electron chi connectivity index (χ4n) is 3.68. The minimum atomic E-state index is -0.731. The number of carbonyl (C=O) groups is 2. The molecule has 3 heterocycles. The summed E-state index contributed by atoms with van der Waals surface area (Å²) in [4.78, 5) is 25.2. The highest BCUT2D eigenvalue weighted by molar-refractivity contribution is 5.95. The van der Waals surface area contributed by atoms with E-state index in [1.54, 1.807) is 25.3 Å². The molecule has 3 aromatic rings. The Hall–Kier alpha value is -3.78. The summed E-state index contributed by atoms with van der Waals surface area (Å²) in [5, 5.41) is 7.53. The lowest BCUT2D eigenvalue weighted by molar-refractivity contribution is -0.682. The Bertz CT molecular complexity index is 1040. The number of amides is 2. The average Bonchev–Trinajstić information content (AvgIpc) is 3.49. The molecule has 0 fully saturated rings. The molecule has 4 N–H and O–H groups in total. The van der Waals surface area contributed by atoms with Crippen molar-refractivity contribution in [1.29, 1.82) is 0 Å². The maximum Gasteiger partial charge on any atom is 0.338 e. The summed E-state index contributed by atoms with van der Waals surface area (Å²) >= 11 is 0. The lowest BCUT2D eigenvalue weighted by Crippen LogP contribution is -2.86. The van der Waals surface area contributed by atoms with E-state index in [0.29, 0.717) is 23.6 Å². The van der Waals surface area contributed by atoms with Crippen LogP contribution in [0.25, 0.3) is 0 Å². The van der Waals surface area contributed by atoms with E-state index in [0.717, 1.165) is 11.3 Å². The molecule has 1 aliphatic heterocycles. The van der Waals surface area contributed by atoms with Crippen molar-refractivity contribution < 1.29 is 28.5 Å². The van der Waals surface area contributed by atoms with Crippen molar-refractivity contribution in [3.8, 4) is 0 Å². The van der Waals surface area contributed by atoms with Crippen LogP contribution in [0.4, 0.5) is 4.79 Å². The van der Waals surface area contributed by atoms with Crippen LogP contribution in [0.3, 0.4) is 0 Å². The van der Waals surface area contributed by atoms with E-state index in [1.165, 1.54) is 6.26 Å².